The highest BCUT2D eigenvalue weighted by molar-refractivity contribution is 5.88. The Bertz CT molecular complexity index is 1190. The van der Waals surface area contributed by atoms with E-state index >= 15 is 0 Å². The van der Waals surface area contributed by atoms with Gasteiger partial charge in [0.1, 0.15) is 0 Å². The second-order valence-corrected chi connectivity index (χ2v) is 9.20. The molecule has 11 nitrogen and oxygen atoms in total. The van der Waals surface area contributed by atoms with Crippen LogP contribution in [0.1, 0.15) is 30.5 Å². The van der Waals surface area contributed by atoms with E-state index in [1.807, 2.05) is 24.5 Å². The average molecular weight is 527 g/mol. The summed E-state index contributed by atoms with van der Waals surface area (Å²) in [6.07, 6.45) is 2.57. The predicted molar refractivity (Wildman–Crippen MR) is 140 cm³/mol. The van der Waals surface area contributed by atoms with Gasteiger partial charge in [-0.15, -0.1) is 0 Å². The Morgan fingerprint density at radius 1 is 0.842 bits per heavy atom. The van der Waals surface area contributed by atoms with Crippen molar-refractivity contribution in [2.45, 2.75) is 38.0 Å². The summed E-state index contributed by atoms with van der Waals surface area (Å²) in [5, 5.41) is 35.0. The average Bonchev–Trinajstić information content (AvgIpc) is 2.83. The van der Waals surface area contributed by atoms with Crippen molar-refractivity contribution in [3.63, 3.8) is 0 Å². The predicted octanol–water partition coefficient (Wildman–Crippen LogP) is 2.34. The van der Waals surface area contributed by atoms with Gasteiger partial charge >= 0.3 is 17.9 Å². The van der Waals surface area contributed by atoms with Crippen molar-refractivity contribution < 1.29 is 34.8 Å². The van der Waals surface area contributed by atoms with E-state index in [9.17, 15) is 14.4 Å². The van der Waals surface area contributed by atoms with Crippen molar-refractivity contribution >= 4 is 28.8 Å². The molecule has 0 saturated carbocycles. The number of aliphatic hydroxyl groups is 1. The van der Waals surface area contributed by atoms with Crippen LogP contribution in [0.3, 0.4) is 0 Å². The summed E-state index contributed by atoms with van der Waals surface area (Å²) in [6, 6.07) is 16.8. The quantitative estimate of drug-likeness (QED) is 0.258. The lowest BCUT2D eigenvalue weighted by Crippen LogP contribution is -2.42. The lowest BCUT2D eigenvalue weighted by Gasteiger charge is -2.23. The molecule has 0 amide bonds. The van der Waals surface area contributed by atoms with Crippen molar-refractivity contribution in [2.75, 3.05) is 27.2 Å². The molecule has 0 saturated heterocycles. The minimum absolute atomic E-state index is 0.874. The minimum Gasteiger partial charge on any atom is -0.481 e. The number of carbonyl (C=O) groups is 3. The van der Waals surface area contributed by atoms with Crippen LogP contribution in [0, 0.1) is 0 Å². The maximum atomic E-state index is 10.3. The molecule has 0 radical (unpaired) electrons. The summed E-state index contributed by atoms with van der Waals surface area (Å²) in [7, 11) is 4.25. The molecule has 0 fully saturated rings. The third kappa shape index (κ3) is 10.6. The lowest BCUT2D eigenvalue weighted by atomic mass is 9.96. The van der Waals surface area contributed by atoms with E-state index in [1.165, 1.54) is 10.9 Å². The molecule has 38 heavy (non-hydrogen) atoms. The van der Waals surface area contributed by atoms with Gasteiger partial charge in [0.05, 0.1) is 24.1 Å². The Balaban J connectivity index is 0.000000332. The molecule has 0 unspecified atom stereocenters. The van der Waals surface area contributed by atoms with E-state index in [2.05, 4.69) is 70.3 Å². The largest absolute Gasteiger partial charge is 0.481 e. The molecule has 3 rings (SSSR count). The number of carboxylic acid groups (broad SMARTS) is 3. The first-order chi connectivity index (χ1) is 18.0. The highest BCUT2D eigenvalue weighted by Gasteiger charge is 2.40. The first kappa shape index (κ1) is 30.3. The smallest absolute Gasteiger partial charge is 0.336 e. The summed E-state index contributed by atoms with van der Waals surface area (Å²) < 4.78 is 0. The minimum atomic E-state index is -2.74. The summed E-state index contributed by atoms with van der Waals surface area (Å²) in [6.45, 7) is 3.95. The van der Waals surface area contributed by atoms with Crippen LogP contribution in [0.15, 0.2) is 60.9 Å². The van der Waals surface area contributed by atoms with E-state index in [0.717, 1.165) is 43.8 Å². The van der Waals surface area contributed by atoms with Gasteiger partial charge in [-0.25, -0.2) is 4.79 Å². The summed E-state index contributed by atoms with van der Waals surface area (Å²) in [5.41, 5.74) is 0.753. The van der Waals surface area contributed by atoms with Crippen molar-refractivity contribution in [3.05, 3.63) is 72.2 Å². The van der Waals surface area contributed by atoms with Crippen molar-refractivity contribution in [1.82, 2.24) is 19.8 Å². The molecule has 0 aliphatic rings. The fourth-order valence-electron chi connectivity index (χ4n) is 3.74. The number of rotatable bonds is 13. The zero-order valence-corrected chi connectivity index (χ0v) is 21.5. The third-order valence-corrected chi connectivity index (χ3v) is 5.55. The number of benzene rings is 1. The fraction of sp³-hybridized carbons (Fsp3) is 0.370. The molecular formula is C27H34N4O7. The molecule has 0 aliphatic heterocycles. The molecule has 0 bridgehead atoms. The molecule has 2 heterocycles. The highest BCUT2D eigenvalue weighted by atomic mass is 16.4. The van der Waals surface area contributed by atoms with Crippen LogP contribution in [-0.4, -0.2) is 90.9 Å². The monoisotopic (exact) mass is 526 g/mol. The van der Waals surface area contributed by atoms with Crippen LogP contribution in [0.5, 0.6) is 0 Å². The Morgan fingerprint density at radius 3 is 2.11 bits per heavy atom. The molecule has 4 N–H and O–H groups in total. The number of hydrogen-bond donors (Lipinski definition) is 4. The van der Waals surface area contributed by atoms with E-state index < -0.39 is 36.4 Å². The van der Waals surface area contributed by atoms with Gasteiger partial charge < -0.3 is 25.3 Å². The maximum absolute atomic E-state index is 10.3. The van der Waals surface area contributed by atoms with Gasteiger partial charge in [0.15, 0.2) is 5.60 Å². The second-order valence-electron chi connectivity index (χ2n) is 9.20. The lowest BCUT2D eigenvalue weighted by molar-refractivity contribution is -0.170. The van der Waals surface area contributed by atoms with Gasteiger partial charge in [0.2, 0.25) is 0 Å². The van der Waals surface area contributed by atoms with Crippen LogP contribution >= 0.6 is 0 Å². The molecule has 0 aliphatic carbocycles. The number of pyridine rings is 2. The van der Waals surface area contributed by atoms with Crippen LogP contribution in [0.2, 0.25) is 0 Å². The van der Waals surface area contributed by atoms with E-state index in [4.69, 9.17) is 20.4 Å². The first-order valence-corrected chi connectivity index (χ1v) is 12.0. The van der Waals surface area contributed by atoms with Crippen LogP contribution in [-0.2, 0) is 27.5 Å². The van der Waals surface area contributed by atoms with Gasteiger partial charge in [-0.1, -0.05) is 18.2 Å². The number of carboxylic acids is 3. The summed E-state index contributed by atoms with van der Waals surface area (Å²) in [5.74, 6) is -5.02. The molecule has 0 atom stereocenters. The Labute approximate surface area is 221 Å². The number of nitrogens with zero attached hydrogens (tertiary/aromatic N) is 4. The van der Waals surface area contributed by atoms with Crippen molar-refractivity contribution in [3.8, 4) is 0 Å². The number of aliphatic carboxylic acids is 3. The van der Waals surface area contributed by atoms with Crippen LogP contribution in [0.25, 0.3) is 10.9 Å². The number of hydrogen-bond acceptors (Lipinski definition) is 8. The Morgan fingerprint density at radius 2 is 1.53 bits per heavy atom. The van der Waals surface area contributed by atoms with Crippen molar-refractivity contribution in [1.29, 1.82) is 0 Å². The van der Waals surface area contributed by atoms with E-state index in [1.54, 1.807) is 0 Å². The van der Waals surface area contributed by atoms with Gasteiger partial charge in [-0.2, -0.15) is 0 Å². The third-order valence-electron chi connectivity index (χ3n) is 5.55. The van der Waals surface area contributed by atoms with Gasteiger partial charge in [-0.3, -0.25) is 24.5 Å². The van der Waals surface area contributed by atoms with Gasteiger partial charge in [0, 0.05) is 37.4 Å². The molecule has 0 spiro atoms. The molecule has 3 aromatic rings. The molecule has 2 aromatic heterocycles. The highest BCUT2D eigenvalue weighted by Crippen LogP contribution is 2.17. The first-order valence-electron chi connectivity index (χ1n) is 12.0. The zero-order valence-electron chi connectivity index (χ0n) is 21.5. The molecular weight excluding hydrogens is 492 g/mol. The number of fused-ring (bicyclic) bond motifs is 1. The molecule has 204 valence electrons. The normalized spacial score (nSPS) is 11.3. The van der Waals surface area contributed by atoms with Crippen molar-refractivity contribution in [2.24, 2.45) is 0 Å². The van der Waals surface area contributed by atoms with Crippen LogP contribution < -0.4 is 0 Å². The van der Waals surface area contributed by atoms with E-state index in [-0.39, 0.29) is 0 Å². The van der Waals surface area contributed by atoms with E-state index in [0.29, 0.717) is 0 Å². The summed E-state index contributed by atoms with van der Waals surface area (Å²) >= 11 is 0. The zero-order chi connectivity index (χ0) is 28.1. The molecule has 1 aromatic carbocycles. The van der Waals surface area contributed by atoms with Gasteiger partial charge in [0.25, 0.3) is 0 Å². The topological polar surface area (TPSA) is 164 Å². The maximum Gasteiger partial charge on any atom is 0.336 e. The Hall–Kier alpha value is -3.93. The second kappa shape index (κ2) is 14.7. The van der Waals surface area contributed by atoms with Gasteiger partial charge in [-0.05, 0) is 63.0 Å². The van der Waals surface area contributed by atoms with Crippen LogP contribution in [0.4, 0.5) is 0 Å². The SMILES string of the molecule is CN(C)CCCN(Cc1ccc2ncccc2c1)Cc1ccccn1.O=C(O)CC(O)(CC(=O)O)C(=O)O. The molecule has 11 heteroatoms. The standard InChI is InChI=1S/C21H26N4.C6H8O7/c1-24(2)13-6-14-25(17-20-8-3-4-11-22-20)16-18-9-10-21-19(15-18)7-5-12-23-21;7-3(8)1-6(13,5(11)12)2-4(9)10/h3-5,7-12,15H,6,13-14,16-17H2,1-2H3;13H,1-2H2,(H,7,8)(H,9,10)(H,11,12). The number of aromatic nitrogens is 2. The Kier molecular flexibility index (Phi) is 11.7. The fourth-order valence-corrected chi connectivity index (χ4v) is 3.74. The summed E-state index contributed by atoms with van der Waals surface area (Å²) in [4.78, 5) is 44.1.